The van der Waals surface area contributed by atoms with E-state index >= 15 is 0 Å². The van der Waals surface area contributed by atoms with Gasteiger partial charge in [-0.15, -0.1) is 35.3 Å². The SMILES string of the molecule is CCNC(=NCC1CCN(Cc2csc(C)n2)CC1)N1CC[C@@H](O)C1.I. The van der Waals surface area contributed by atoms with Gasteiger partial charge < -0.3 is 15.3 Å². The summed E-state index contributed by atoms with van der Waals surface area (Å²) in [6.45, 7) is 10.8. The van der Waals surface area contributed by atoms with E-state index in [0.717, 1.165) is 56.7 Å². The molecule has 0 radical (unpaired) electrons. The molecule has 6 nitrogen and oxygen atoms in total. The van der Waals surface area contributed by atoms with Gasteiger partial charge in [0.1, 0.15) is 0 Å². The van der Waals surface area contributed by atoms with E-state index in [2.05, 4.69) is 39.3 Å². The summed E-state index contributed by atoms with van der Waals surface area (Å²) in [6, 6.07) is 0. The first kappa shape index (κ1) is 21.8. The van der Waals surface area contributed by atoms with Crippen LogP contribution in [-0.2, 0) is 6.54 Å². The maximum absolute atomic E-state index is 9.75. The van der Waals surface area contributed by atoms with Crippen LogP contribution in [-0.4, -0.2) is 71.2 Å². The molecule has 2 N–H and O–H groups in total. The van der Waals surface area contributed by atoms with Crippen molar-refractivity contribution in [3.8, 4) is 0 Å². The normalized spacial score (nSPS) is 22.5. The number of aliphatic imine (C=N–C) groups is 1. The molecule has 2 aliphatic rings. The summed E-state index contributed by atoms with van der Waals surface area (Å²) in [7, 11) is 0. The zero-order valence-electron chi connectivity index (χ0n) is 15.9. The molecule has 2 fully saturated rings. The van der Waals surface area contributed by atoms with E-state index in [-0.39, 0.29) is 30.1 Å². The fourth-order valence-corrected chi connectivity index (χ4v) is 4.22. The van der Waals surface area contributed by atoms with Crippen LogP contribution >= 0.6 is 35.3 Å². The van der Waals surface area contributed by atoms with E-state index in [1.807, 2.05) is 0 Å². The molecule has 3 heterocycles. The Morgan fingerprint density at radius 1 is 1.35 bits per heavy atom. The largest absolute Gasteiger partial charge is 0.391 e. The number of rotatable bonds is 5. The number of aliphatic hydroxyl groups is 1. The number of hydrogen-bond donors (Lipinski definition) is 2. The minimum atomic E-state index is -0.207. The second-order valence-corrected chi connectivity index (χ2v) is 8.22. The second-order valence-electron chi connectivity index (χ2n) is 7.16. The number of aliphatic hydroxyl groups excluding tert-OH is 1. The molecule has 2 aliphatic heterocycles. The number of aryl methyl sites for hydroxylation is 1. The molecule has 0 unspecified atom stereocenters. The van der Waals surface area contributed by atoms with Crippen LogP contribution < -0.4 is 5.32 Å². The lowest BCUT2D eigenvalue weighted by Gasteiger charge is -2.31. The third-order valence-corrected chi connectivity index (χ3v) is 5.88. The maximum Gasteiger partial charge on any atom is 0.194 e. The van der Waals surface area contributed by atoms with Crippen molar-refractivity contribution in [1.82, 2.24) is 20.1 Å². The lowest BCUT2D eigenvalue weighted by Crippen LogP contribution is -2.41. The Morgan fingerprint density at radius 3 is 2.69 bits per heavy atom. The van der Waals surface area contributed by atoms with Gasteiger partial charge in [0, 0.05) is 38.1 Å². The predicted molar refractivity (Wildman–Crippen MR) is 118 cm³/mol. The van der Waals surface area contributed by atoms with Gasteiger partial charge in [0.15, 0.2) is 5.96 Å². The standard InChI is InChI=1S/C18H31N5OS.HI/c1-3-19-18(23-9-6-17(24)12-23)20-10-15-4-7-22(8-5-15)11-16-13-25-14(2)21-16;/h13,15,17,24H,3-12H2,1-2H3,(H,19,20);1H/t17-;/m1./s1. The summed E-state index contributed by atoms with van der Waals surface area (Å²) in [5.74, 6) is 1.63. The average molecular weight is 493 g/mol. The zero-order chi connectivity index (χ0) is 17.6. The number of guanidine groups is 1. The van der Waals surface area contributed by atoms with Crippen molar-refractivity contribution < 1.29 is 5.11 Å². The third kappa shape index (κ3) is 6.31. The van der Waals surface area contributed by atoms with Gasteiger partial charge in [-0.3, -0.25) is 9.89 Å². The first-order valence-corrected chi connectivity index (χ1v) is 10.4. The van der Waals surface area contributed by atoms with Crippen molar-refractivity contribution >= 4 is 41.3 Å². The third-order valence-electron chi connectivity index (χ3n) is 5.06. The van der Waals surface area contributed by atoms with Crippen molar-refractivity contribution in [2.45, 2.75) is 45.8 Å². The van der Waals surface area contributed by atoms with Crippen LogP contribution in [0.1, 0.15) is 36.9 Å². The Hall–Kier alpha value is -0.450. The minimum absolute atomic E-state index is 0. The van der Waals surface area contributed by atoms with E-state index in [4.69, 9.17) is 4.99 Å². The quantitative estimate of drug-likeness (QED) is 0.375. The van der Waals surface area contributed by atoms with Gasteiger partial charge in [0.05, 0.1) is 16.8 Å². The minimum Gasteiger partial charge on any atom is -0.391 e. The zero-order valence-corrected chi connectivity index (χ0v) is 19.0. The van der Waals surface area contributed by atoms with E-state index in [0.29, 0.717) is 12.5 Å². The number of aromatic nitrogens is 1. The molecule has 0 amide bonds. The van der Waals surface area contributed by atoms with Crippen molar-refractivity contribution in [1.29, 1.82) is 0 Å². The maximum atomic E-state index is 9.75. The number of likely N-dealkylation sites (tertiary alicyclic amines) is 2. The summed E-state index contributed by atoms with van der Waals surface area (Å²) in [5, 5.41) is 16.5. The van der Waals surface area contributed by atoms with Gasteiger partial charge in [0.2, 0.25) is 0 Å². The summed E-state index contributed by atoms with van der Waals surface area (Å²) in [5.41, 5.74) is 1.21. The number of nitrogens with zero attached hydrogens (tertiary/aromatic N) is 4. The van der Waals surface area contributed by atoms with Crippen LogP contribution in [0, 0.1) is 12.8 Å². The Morgan fingerprint density at radius 2 is 2.12 bits per heavy atom. The first-order valence-electron chi connectivity index (χ1n) is 9.48. The summed E-state index contributed by atoms with van der Waals surface area (Å²) in [4.78, 5) is 14.1. The smallest absolute Gasteiger partial charge is 0.194 e. The van der Waals surface area contributed by atoms with Gasteiger partial charge in [-0.25, -0.2) is 4.98 Å². The molecule has 0 aromatic carbocycles. The van der Waals surface area contributed by atoms with Crippen LogP contribution in [0.2, 0.25) is 0 Å². The number of nitrogens with one attached hydrogen (secondary N) is 1. The molecule has 1 aromatic rings. The molecule has 0 aliphatic carbocycles. The highest BCUT2D eigenvalue weighted by atomic mass is 127. The van der Waals surface area contributed by atoms with Gasteiger partial charge in [-0.1, -0.05) is 0 Å². The monoisotopic (exact) mass is 493 g/mol. The molecule has 148 valence electrons. The molecular weight excluding hydrogens is 461 g/mol. The van der Waals surface area contributed by atoms with E-state index in [1.54, 1.807) is 11.3 Å². The van der Waals surface area contributed by atoms with Crippen LogP contribution in [0.15, 0.2) is 10.4 Å². The number of β-amino-alcohol motifs (C(OH)–C–C–N with tert-alkyl or cyclic N) is 1. The highest BCUT2D eigenvalue weighted by Gasteiger charge is 2.24. The molecule has 26 heavy (non-hydrogen) atoms. The van der Waals surface area contributed by atoms with Crippen molar-refractivity contribution in [2.75, 3.05) is 39.3 Å². The van der Waals surface area contributed by atoms with Crippen molar-refractivity contribution in [2.24, 2.45) is 10.9 Å². The lowest BCUT2D eigenvalue weighted by molar-refractivity contribution is 0.178. The van der Waals surface area contributed by atoms with Crippen LogP contribution in [0.4, 0.5) is 0 Å². The molecule has 3 rings (SSSR count). The van der Waals surface area contributed by atoms with Gasteiger partial charge in [-0.2, -0.15) is 0 Å². The topological polar surface area (TPSA) is 64.0 Å². The molecule has 1 aromatic heterocycles. The summed E-state index contributed by atoms with van der Waals surface area (Å²) >= 11 is 1.74. The fourth-order valence-electron chi connectivity index (χ4n) is 3.61. The number of hydrogen-bond acceptors (Lipinski definition) is 5. The molecule has 8 heteroatoms. The average Bonchev–Trinajstić information content (AvgIpc) is 3.21. The Bertz CT molecular complexity index is 574. The Labute approximate surface area is 178 Å². The predicted octanol–water partition coefficient (Wildman–Crippen LogP) is 2.31. The number of halogens is 1. The molecule has 2 saturated heterocycles. The molecule has 0 bridgehead atoms. The highest BCUT2D eigenvalue weighted by Crippen LogP contribution is 2.20. The fraction of sp³-hybridized carbons (Fsp3) is 0.778. The van der Waals surface area contributed by atoms with Crippen LogP contribution in [0.5, 0.6) is 0 Å². The van der Waals surface area contributed by atoms with E-state index < -0.39 is 0 Å². The Balaban J connectivity index is 0.00000243. The van der Waals surface area contributed by atoms with Crippen molar-refractivity contribution in [3.63, 3.8) is 0 Å². The summed E-state index contributed by atoms with van der Waals surface area (Å²) in [6.07, 6.45) is 3.05. The van der Waals surface area contributed by atoms with Gasteiger partial charge in [0.25, 0.3) is 0 Å². The number of thiazole rings is 1. The van der Waals surface area contributed by atoms with Crippen LogP contribution in [0.3, 0.4) is 0 Å². The first-order chi connectivity index (χ1) is 12.1. The number of piperidine rings is 1. The summed E-state index contributed by atoms with van der Waals surface area (Å²) < 4.78 is 0. The Kier molecular flexibility index (Phi) is 9.05. The van der Waals surface area contributed by atoms with E-state index in [9.17, 15) is 5.11 Å². The van der Waals surface area contributed by atoms with E-state index in [1.165, 1.54) is 18.5 Å². The van der Waals surface area contributed by atoms with Gasteiger partial charge in [-0.05, 0) is 52.1 Å². The molecule has 0 saturated carbocycles. The molecule has 0 spiro atoms. The molecule has 1 atom stereocenters. The van der Waals surface area contributed by atoms with Gasteiger partial charge >= 0.3 is 0 Å². The highest BCUT2D eigenvalue weighted by molar-refractivity contribution is 14.0. The molecular formula is C18H32IN5OS. The van der Waals surface area contributed by atoms with Crippen LogP contribution in [0.25, 0.3) is 0 Å². The van der Waals surface area contributed by atoms with Crippen molar-refractivity contribution in [3.05, 3.63) is 16.1 Å². The second kappa shape index (κ2) is 10.8. The lowest BCUT2D eigenvalue weighted by atomic mass is 9.97.